The number of para-hydroxylation sites is 2. The highest BCUT2D eigenvalue weighted by molar-refractivity contribution is 5.53. The molecule has 1 unspecified atom stereocenters. The lowest BCUT2D eigenvalue weighted by molar-refractivity contribution is 0.201. The molecule has 0 radical (unpaired) electrons. The zero-order valence-electron chi connectivity index (χ0n) is 13.9. The van der Waals surface area contributed by atoms with Gasteiger partial charge in [-0.1, -0.05) is 42.5 Å². The first kappa shape index (κ1) is 14.9. The molecule has 1 aliphatic heterocycles. The van der Waals surface area contributed by atoms with Crippen molar-refractivity contribution in [1.82, 2.24) is 9.88 Å². The van der Waals surface area contributed by atoms with E-state index in [2.05, 4.69) is 54.2 Å². The first-order chi connectivity index (χ1) is 11.8. The van der Waals surface area contributed by atoms with E-state index in [1.54, 1.807) is 0 Å². The second-order valence-corrected chi connectivity index (χ2v) is 6.21. The zero-order valence-corrected chi connectivity index (χ0v) is 13.9. The number of hydrogen-bond donors (Lipinski definition) is 0. The Kier molecular flexibility index (Phi) is 3.79. The van der Waals surface area contributed by atoms with Crippen molar-refractivity contribution in [1.29, 1.82) is 0 Å². The maximum Gasteiger partial charge on any atom is 0.132 e. The van der Waals surface area contributed by atoms with Gasteiger partial charge >= 0.3 is 0 Å². The topological polar surface area (TPSA) is 25.4 Å². The Morgan fingerprint density at radius 1 is 0.917 bits per heavy atom. The standard InChI is InChI=1S/C21H20N2O/c1-15(16-8-7-13-22-14-16)23(2)21-17-9-3-5-11-19(17)24-20-12-6-4-10-18(20)21/h3-15,21H,1-2H3. The fourth-order valence-electron chi connectivity index (χ4n) is 3.41. The van der Waals surface area contributed by atoms with E-state index in [1.807, 2.05) is 42.7 Å². The van der Waals surface area contributed by atoms with E-state index in [1.165, 1.54) is 16.7 Å². The number of nitrogens with zero attached hydrogens (tertiary/aromatic N) is 2. The van der Waals surface area contributed by atoms with E-state index in [0.717, 1.165) is 11.5 Å². The van der Waals surface area contributed by atoms with Crippen molar-refractivity contribution in [3.63, 3.8) is 0 Å². The van der Waals surface area contributed by atoms with Crippen LogP contribution in [0.5, 0.6) is 11.5 Å². The molecule has 0 amide bonds. The number of rotatable bonds is 3. The maximum atomic E-state index is 6.10. The Hall–Kier alpha value is -2.65. The Bertz CT molecular complexity index is 802. The summed E-state index contributed by atoms with van der Waals surface area (Å²) in [4.78, 5) is 6.66. The zero-order chi connectivity index (χ0) is 16.5. The molecule has 0 saturated heterocycles. The molecule has 0 saturated carbocycles. The van der Waals surface area contributed by atoms with E-state index in [-0.39, 0.29) is 12.1 Å². The number of hydrogen-bond acceptors (Lipinski definition) is 3. The van der Waals surface area contributed by atoms with Crippen LogP contribution in [0.25, 0.3) is 0 Å². The summed E-state index contributed by atoms with van der Waals surface area (Å²) in [6.45, 7) is 2.22. The molecule has 1 aliphatic rings. The van der Waals surface area contributed by atoms with Gasteiger partial charge in [0.05, 0.1) is 6.04 Å². The van der Waals surface area contributed by atoms with Crippen molar-refractivity contribution in [2.24, 2.45) is 0 Å². The average molecular weight is 316 g/mol. The van der Waals surface area contributed by atoms with Crippen molar-refractivity contribution >= 4 is 0 Å². The van der Waals surface area contributed by atoms with Crippen LogP contribution in [-0.4, -0.2) is 16.9 Å². The summed E-state index contributed by atoms with van der Waals surface area (Å²) in [6.07, 6.45) is 3.76. The molecule has 0 fully saturated rings. The van der Waals surface area contributed by atoms with E-state index in [9.17, 15) is 0 Å². The second-order valence-electron chi connectivity index (χ2n) is 6.21. The monoisotopic (exact) mass is 316 g/mol. The van der Waals surface area contributed by atoms with Crippen LogP contribution < -0.4 is 4.74 Å². The van der Waals surface area contributed by atoms with Gasteiger partial charge in [-0.3, -0.25) is 9.88 Å². The van der Waals surface area contributed by atoms with Gasteiger partial charge in [-0.05, 0) is 37.7 Å². The van der Waals surface area contributed by atoms with Gasteiger partial charge in [0.15, 0.2) is 0 Å². The number of fused-ring (bicyclic) bond motifs is 2. The third-order valence-electron chi connectivity index (χ3n) is 4.83. The summed E-state index contributed by atoms with van der Waals surface area (Å²) in [7, 11) is 2.17. The molecular weight excluding hydrogens is 296 g/mol. The first-order valence-electron chi connectivity index (χ1n) is 8.23. The lowest BCUT2D eigenvalue weighted by Gasteiger charge is -2.37. The predicted molar refractivity (Wildman–Crippen MR) is 95.2 cm³/mol. The molecule has 0 N–H and O–H groups in total. The molecule has 0 aliphatic carbocycles. The normalized spacial score (nSPS) is 14.6. The highest BCUT2D eigenvalue weighted by Gasteiger charge is 2.32. The van der Waals surface area contributed by atoms with E-state index >= 15 is 0 Å². The third kappa shape index (κ3) is 2.47. The van der Waals surface area contributed by atoms with Crippen LogP contribution in [0, 0.1) is 0 Å². The largest absolute Gasteiger partial charge is 0.457 e. The van der Waals surface area contributed by atoms with Gasteiger partial charge in [0.2, 0.25) is 0 Å². The lowest BCUT2D eigenvalue weighted by Crippen LogP contribution is -2.30. The van der Waals surface area contributed by atoms with Crippen molar-refractivity contribution in [3.8, 4) is 11.5 Å². The first-order valence-corrected chi connectivity index (χ1v) is 8.23. The summed E-state index contributed by atoms with van der Waals surface area (Å²) >= 11 is 0. The Morgan fingerprint density at radius 2 is 1.54 bits per heavy atom. The average Bonchev–Trinajstić information content (AvgIpc) is 2.65. The van der Waals surface area contributed by atoms with Crippen molar-refractivity contribution in [2.75, 3.05) is 7.05 Å². The van der Waals surface area contributed by atoms with Gasteiger partial charge in [0.25, 0.3) is 0 Å². The van der Waals surface area contributed by atoms with Crippen LogP contribution in [0.15, 0.2) is 73.1 Å². The SMILES string of the molecule is CC(c1cccnc1)N(C)C1c2ccccc2Oc2ccccc21. The third-order valence-corrected chi connectivity index (χ3v) is 4.83. The highest BCUT2D eigenvalue weighted by atomic mass is 16.5. The van der Waals surface area contributed by atoms with Crippen LogP contribution >= 0.6 is 0 Å². The molecular formula is C21H20N2O. The summed E-state index contributed by atoms with van der Waals surface area (Å²) < 4.78 is 6.10. The second kappa shape index (κ2) is 6.10. The Balaban J connectivity index is 1.79. The molecule has 3 nitrogen and oxygen atoms in total. The molecule has 120 valence electrons. The van der Waals surface area contributed by atoms with Crippen molar-refractivity contribution in [3.05, 3.63) is 89.7 Å². The molecule has 0 bridgehead atoms. The number of ether oxygens (including phenoxy) is 1. The highest BCUT2D eigenvalue weighted by Crippen LogP contribution is 2.46. The van der Waals surface area contributed by atoms with Gasteiger partial charge in [-0.15, -0.1) is 0 Å². The Morgan fingerprint density at radius 3 is 2.12 bits per heavy atom. The van der Waals surface area contributed by atoms with Crippen LogP contribution in [0.1, 0.15) is 35.7 Å². The van der Waals surface area contributed by atoms with E-state index < -0.39 is 0 Å². The van der Waals surface area contributed by atoms with Gasteiger partial charge in [0, 0.05) is 29.6 Å². The number of pyridine rings is 1. The summed E-state index contributed by atoms with van der Waals surface area (Å²) in [5, 5.41) is 0. The fraction of sp³-hybridized carbons (Fsp3) is 0.190. The summed E-state index contributed by atoms with van der Waals surface area (Å²) in [5.41, 5.74) is 3.62. The van der Waals surface area contributed by atoms with Crippen LogP contribution in [0.3, 0.4) is 0 Å². The lowest BCUT2D eigenvalue weighted by atomic mass is 9.92. The molecule has 3 aromatic rings. The molecule has 3 heteroatoms. The van der Waals surface area contributed by atoms with Gasteiger partial charge in [0.1, 0.15) is 11.5 Å². The fourth-order valence-corrected chi connectivity index (χ4v) is 3.41. The van der Waals surface area contributed by atoms with Gasteiger partial charge in [-0.25, -0.2) is 0 Å². The van der Waals surface area contributed by atoms with Gasteiger partial charge < -0.3 is 4.74 Å². The smallest absolute Gasteiger partial charge is 0.132 e. The van der Waals surface area contributed by atoms with E-state index in [0.29, 0.717) is 0 Å². The molecule has 0 spiro atoms. The molecule has 1 atom stereocenters. The maximum absolute atomic E-state index is 6.10. The number of benzene rings is 2. The minimum atomic E-state index is 0.154. The minimum absolute atomic E-state index is 0.154. The minimum Gasteiger partial charge on any atom is -0.457 e. The quantitative estimate of drug-likeness (QED) is 0.682. The van der Waals surface area contributed by atoms with Crippen molar-refractivity contribution in [2.45, 2.75) is 19.0 Å². The van der Waals surface area contributed by atoms with Gasteiger partial charge in [-0.2, -0.15) is 0 Å². The molecule has 2 heterocycles. The van der Waals surface area contributed by atoms with E-state index in [4.69, 9.17) is 4.74 Å². The molecule has 4 rings (SSSR count). The molecule has 1 aromatic heterocycles. The molecule has 2 aromatic carbocycles. The summed E-state index contributed by atoms with van der Waals surface area (Å²) in [6, 6.07) is 21.1. The van der Waals surface area contributed by atoms with Crippen LogP contribution in [-0.2, 0) is 0 Å². The predicted octanol–water partition coefficient (Wildman–Crippen LogP) is 4.97. The Labute approximate surface area is 142 Å². The molecule has 24 heavy (non-hydrogen) atoms. The summed E-state index contributed by atoms with van der Waals surface area (Å²) in [5.74, 6) is 1.87. The van der Waals surface area contributed by atoms with Crippen LogP contribution in [0.2, 0.25) is 0 Å². The van der Waals surface area contributed by atoms with Crippen molar-refractivity contribution < 1.29 is 4.74 Å². The van der Waals surface area contributed by atoms with Crippen LogP contribution in [0.4, 0.5) is 0 Å². The number of aromatic nitrogens is 1.